The molecule has 0 radical (unpaired) electrons. The van der Waals surface area contributed by atoms with Crippen molar-refractivity contribution >= 4 is 17.6 Å². The predicted molar refractivity (Wildman–Crippen MR) is 61.0 cm³/mol. The van der Waals surface area contributed by atoms with E-state index in [-0.39, 0.29) is 10.6 Å². The van der Waals surface area contributed by atoms with Crippen molar-refractivity contribution < 1.29 is 14.6 Å². The Morgan fingerprint density at radius 3 is 2.33 bits per heavy atom. The fraction of sp³-hybridized carbons (Fsp3) is 0.364. The van der Waals surface area contributed by atoms with E-state index >= 15 is 0 Å². The summed E-state index contributed by atoms with van der Waals surface area (Å²) >= 11 is 5.80. The lowest BCUT2D eigenvalue weighted by Crippen LogP contribution is -2.02. The first-order valence-corrected chi connectivity index (χ1v) is 5.02. The van der Waals surface area contributed by atoms with Crippen molar-refractivity contribution in [3.8, 4) is 5.75 Å². The molecule has 1 aromatic carbocycles. The molecule has 0 bridgehead atoms. The van der Waals surface area contributed by atoms with Crippen molar-refractivity contribution in [1.29, 1.82) is 0 Å². The number of hydrogen-bond acceptors (Lipinski definition) is 2. The molecule has 0 aliphatic carbocycles. The fourth-order valence-electron chi connectivity index (χ4n) is 1.07. The van der Waals surface area contributed by atoms with Gasteiger partial charge in [-0.25, -0.2) is 4.79 Å². The van der Waals surface area contributed by atoms with Crippen LogP contribution in [0.1, 0.15) is 29.8 Å². The SMILES string of the molecule is CC.COc1ccc(C)c(C(=O)O)c1Cl. The number of hydrogen-bond donors (Lipinski definition) is 1. The maximum absolute atomic E-state index is 10.8. The summed E-state index contributed by atoms with van der Waals surface area (Å²) in [6.45, 7) is 5.69. The van der Waals surface area contributed by atoms with Gasteiger partial charge >= 0.3 is 5.97 Å². The summed E-state index contributed by atoms with van der Waals surface area (Å²) in [5.41, 5.74) is 0.722. The Labute approximate surface area is 94.6 Å². The van der Waals surface area contributed by atoms with E-state index in [9.17, 15) is 4.79 Å². The van der Waals surface area contributed by atoms with Crippen LogP contribution in [0.15, 0.2) is 12.1 Å². The Bertz CT molecular complexity index is 348. The van der Waals surface area contributed by atoms with Crippen LogP contribution in [0.2, 0.25) is 5.02 Å². The minimum atomic E-state index is -1.04. The van der Waals surface area contributed by atoms with Gasteiger partial charge in [-0.15, -0.1) is 0 Å². The van der Waals surface area contributed by atoms with Crippen molar-refractivity contribution in [2.45, 2.75) is 20.8 Å². The number of carboxylic acid groups (broad SMARTS) is 1. The van der Waals surface area contributed by atoms with Crippen LogP contribution in [-0.2, 0) is 0 Å². The molecule has 0 fully saturated rings. The molecule has 0 heterocycles. The third-order valence-electron chi connectivity index (χ3n) is 1.75. The molecular formula is C11H15ClO3. The van der Waals surface area contributed by atoms with E-state index in [0.29, 0.717) is 11.3 Å². The highest BCUT2D eigenvalue weighted by Gasteiger charge is 2.15. The summed E-state index contributed by atoms with van der Waals surface area (Å²) in [6.07, 6.45) is 0. The van der Waals surface area contributed by atoms with E-state index in [1.54, 1.807) is 19.1 Å². The molecule has 4 heteroatoms. The highest BCUT2D eigenvalue weighted by molar-refractivity contribution is 6.35. The lowest BCUT2D eigenvalue weighted by molar-refractivity contribution is 0.0696. The molecule has 3 nitrogen and oxygen atoms in total. The van der Waals surface area contributed by atoms with Crippen LogP contribution in [0.4, 0.5) is 0 Å². The third-order valence-corrected chi connectivity index (χ3v) is 2.12. The molecule has 1 N–H and O–H groups in total. The van der Waals surface area contributed by atoms with E-state index in [1.165, 1.54) is 7.11 Å². The monoisotopic (exact) mass is 230 g/mol. The van der Waals surface area contributed by atoms with Gasteiger partial charge < -0.3 is 9.84 Å². The van der Waals surface area contributed by atoms with Crippen molar-refractivity contribution in [1.82, 2.24) is 0 Å². The van der Waals surface area contributed by atoms with Crippen molar-refractivity contribution in [2.24, 2.45) is 0 Å². The number of rotatable bonds is 2. The summed E-state index contributed by atoms with van der Waals surface area (Å²) in [7, 11) is 1.45. The van der Waals surface area contributed by atoms with E-state index in [4.69, 9.17) is 21.4 Å². The number of benzene rings is 1. The topological polar surface area (TPSA) is 46.5 Å². The van der Waals surface area contributed by atoms with Gasteiger partial charge in [0.2, 0.25) is 0 Å². The second-order valence-corrected chi connectivity index (χ2v) is 2.96. The molecule has 0 atom stereocenters. The fourth-order valence-corrected chi connectivity index (χ4v) is 1.44. The Morgan fingerprint density at radius 2 is 1.93 bits per heavy atom. The molecule has 84 valence electrons. The minimum absolute atomic E-state index is 0.0982. The summed E-state index contributed by atoms with van der Waals surface area (Å²) in [5.74, 6) is -0.661. The van der Waals surface area contributed by atoms with Gasteiger partial charge in [-0.2, -0.15) is 0 Å². The van der Waals surface area contributed by atoms with Crippen LogP contribution in [0, 0.1) is 6.92 Å². The van der Waals surface area contributed by atoms with Gasteiger partial charge in [-0.3, -0.25) is 0 Å². The molecule has 0 aliphatic heterocycles. The molecule has 0 spiro atoms. The lowest BCUT2D eigenvalue weighted by Gasteiger charge is -2.07. The van der Waals surface area contributed by atoms with E-state index < -0.39 is 5.97 Å². The number of aromatic carboxylic acids is 1. The number of aryl methyl sites for hydroxylation is 1. The zero-order valence-corrected chi connectivity index (χ0v) is 10.1. The van der Waals surface area contributed by atoms with E-state index in [1.807, 2.05) is 13.8 Å². The van der Waals surface area contributed by atoms with Crippen LogP contribution in [0.3, 0.4) is 0 Å². The van der Waals surface area contributed by atoms with Crippen molar-refractivity contribution in [3.63, 3.8) is 0 Å². The summed E-state index contributed by atoms with van der Waals surface area (Å²) in [4.78, 5) is 10.8. The Kier molecular flexibility index (Phi) is 5.79. The van der Waals surface area contributed by atoms with Crippen LogP contribution in [-0.4, -0.2) is 18.2 Å². The van der Waals surface area contributed by atoms with Gasteiger partial charge in [-0.05, 0) is 18.6 Å². The second kappa shape index (κ2) is 6.30. The average molecular weight is 231 g/mol. The van der Waals surface area contributed by atoms with Gasteiger partial charge in [-0.1, -0.05) is 31.5 Å². The average Bonchev–Trinajstić information content (AvgIpc) is 2.20. The Balaban J connectivity index is 0.000000921. The third kappa shape index (κ3) is 3.13. The molecule has 0 amide bonds. The molecule has 1 aromatic rings. The molecule has 0 unspecified atom stereocenters. The lowest BCUT2D eigenvalue weighted by atomic mass is 10.1. The van der Waals surface area contributed by atoms with Gasteiger partial charge in [0, 0.05) is 0 Å². The molecular weight excluding hydrogens is 216 g/mol. The van der Waals surface area contributed by atoms with Crippen LogP contribution >= 0.6 is 11.6 Å². The number of ether oxygens (including phenoxy) is 1. The zero-order valence-electron chi connectivity index (χ0n) is 9.30. The van der Waals surface area contributed by atoms with E-state index in [2.05, 4.69) is 0 Å². The van der Waals surface area contributed by atoms with Crippen LogP contribution in [0.25, 0.3) is 0 Å². The first kappa shape index (κ1) is 13.8. The molecule has 15 heavy (non-hydrogen) atoms. The Hall–Kier alpha value is -1.22. The van der Waals surface area contributed by atoms with Gasteiger partial charge in [0.1, 0.15) is 5.75 Å². The van der Waals surface area contributed by atoms with Gasteiger partial charge in [0.15, 0.2) is 0 Å². The quantitative estimate of drug-likeness (QED) is 0.847. The molecule has 0 saturated heterocycles. The summed E-state index contributed by atoms with van der Waals surface area (Å²) in [5, 5.41) is 8.97. The maximum Gasteiger partial charge on any atom is 0.337 e. The van der Waals surface area contributed by atoms with E-state index in [0.717, 1.165) is 0 Å². The summed E-state index contributed by atoms with van der Waals surface area (Å²) in [6, 6.07) is 3.30. The molecule has 0 aliphatic rings. The smallest absolute Gasteiger partial charge is 0.337 e. The van der Waals surface area contributed by atoms with Crippen molar-refractivity contribution in [2.75, 3.05) is 7.11 Å². The Morgan fingerprint density at radius 1 is 1.40 bits per heavy atom. The first-order chi connectivity index (χ1) is 7.07. The van der Waals surface area contributed by atoms with Crippen molar-refractivity contribution in [3.05, 3.63) is 28.3 Å². The predicted octanol–water partition coefficient (Wildman–Crippen LogP) is 3.38. The second-order valence-electron chi connectivity index (χ2n) is 2.58. The minimum Gasteiger partial charge on any atom is -0.495 e. The molecule has 0 saturated carbocycles. The maximum atomic E-state index is 10.8. The summed E-state index contributed by atoms with van der Waals surface area (Å²) < 4.78 is 4.90. The van der Waals surface area contributed by atoms with Crippen LogP contribution in [0.5, 0.6) is 5.75 Å². The molecule has 1 rings (SSSR count). The standard InChI is InChI=1S/C9H9ClO3.C2H6/c1-5-3-4-6(13-2)8(10)7(5)9(11)12;1-2/h3-4H,1-2H3,(H,11,12);1-2H3. The number of methoxy groups -OCH3 is 1. The number of carbonyl (C=O) groups is 1. The van der Waals surface area contributed by atoms with Gasteiger partial charge in [0.05, 0.1) is 17.7 Å². The normalized spacial score (nSPS) is 8.87. The highest BCUT2D eigenvalue weighted by atomic mass is 35.5. The highest BCUT2D eigenvalue weighted by Crippen LogP contribution is 2.30. The molecule has 0 aromatic heterocycles. The largest absolute Gasteiger partial charge is 0.495 e. The zero-order chi connectivity index (χ0) is 12.0. The van der Waals surface area contributed by atoms with Gasteiger partial charge in [0.25, 0.3) is 0 Å². The number of halogens is 1. The number of carboxylic acids is 1. The first-order valence-electron chi connectivity index (χ1n) is 4.64. The van der Waals surface area contributed by atoms with Crippen LogP contribution < -0.4 is 4.74 Å².